The summed E-state index contributed by atoms with van der Waals surface area (Å²) in [6, 6.07) is 3.64. The Hall–Kier alpha value is -1.66. The van der Waals surface area contributed by atoms with Crippen LogP contribution in [-0.4, -0.2) is 28.6 Å². The molecule has 0 saturated heterocycles. The lowest BCUT2D eigenvalue weighted by atomic mass is 10.1. The molecule has 1 atom stereocenters. The van der Waals surface area contributed by atoms with Gasteiger partial charge in [0.2, 0.25) is 0 Å². The van der Waals surface area contributed by atoms with Gasteiger partial charge in [0.15, 0.2) is 0 Å². The average Bonchev–Trinajstić information content (AvgIpc) is 2.29. The third-order valence-electron chi connectivity index (χ3n) is 2.34. The third-order valence-corrected chi connectivity index (χ3v) is 2.66. The second kappa shape index (κ2) is 6.32. The number of hydrogen-bond donors (Lipinski definition) is 2. The first-order valence-corrected chi connectivity index (χ1v) is 5.69. The van der Waals surface area contributed by atoms with E-state index in [0.29, 0.717) is 6.42 Å². The minimum Gasteiger partial charge on any atom is -0.396 e. The van der Waals surface area contributed by atoms with Crippen molar-refractivity contribution in [2.75, 3.05) is 6.61 Å². The molecule has 0 aromatic heterocycles. The first-order valence-electron chi connectivity index (χ1n) is 5.31. The standard InChI is InChI=1S/C11H13ClN2O4/c1-7(4-5-15)13-11(16)8-2-3-9(12)10(6-8)14(17)18/h2-3,6-7,15H,4-5H2,1H3,(H,13,16). The zero-order valence-corrected chi connectivity index (χ0v) is 10.5. The highest BCUT2D eigenvalue weighted by Crippen LogP contribution is 2.25. The summed E-state index contributed by atoms with van der Waals surface area (Å²) in [5.74, 6) is -0.435. The third kappa shape index (κ3) is 3.68. The minimum absolute atomic E-state index is 0.0139. The number of nitrogens with one attached hydrogen (secondary N) is 1. The number of nitro groups is 1. The van der Waals surface area contributed by atoms with Crippen molar-refractivity contribution in [3.05, 3.63) is 38.9 Å². The number of aliphatic hydroxyl groups excluding tert-OH is 1. The topological polar surface area (TPSA) is 92.5 Å². The van der Waals surface area contributed by atoms with Gasteiger partial charge in [-0.05, 0) is 25.5 Å². The molecule has 98 valence electrons. The summed E-state index contributed by atoms with van der Waals surface area (Å²) in [4.78, 5) is 21.8. The van der Waals surface area contributed by atoms with Crippen LogP contribution < -0.4 is 5.32 Å². The molecule has 0 radical (unpaired) electrons. The van der Waals surface area contributed by atoms with Crippen LogP contribution in [0.25, 0.3) is 0 Å². The SMILES string of the molecule is CC(CCO)NC(=O)c1ccc(Cl)c([N+](=O)[O-])c1. The van der Waals surface area contributed by atoms with Gasteiger partial charge < -0.3 is 10.4 Å². The average molecular weight is 273 g/mol. The van der Waals surface area contributed by atoms with Crippen LogP contribution in [0.2, 0.25) is 5.02 Å². The van der Waals surface area contributed by atoms with Crippen LogP contribution in [0, 0.1) is 10.1 Å². The zero-order valence-electron chi connectivity index (χ0n) is 9.72. The van der Waals surface area contributed by atoms with Crippen molar-refractivity contribution >= 4 is 23.2 Å². The highest BCUT2D eigenvalue weighted by Gasteiger charge is 2.17. The van der Waals surface area contributed by atoms with Gasteiger partial charge in [0.1, 0.15) is 5.02 Å². The molecule has 0 fully saturated rings. The van der Waals surface area contributed by atoms with Crippen molar-refractivity contribution in [2.24, 2.45) is 0 Å². The van der Waals surface area contributed by atoms with E-state index in [1.165, 1.54) is 12.1 Å². The largest absolute Gasteiger partial charge is 0.396 e. The molecule has 1 rings (SSSR count). The van der Waals surface area contributed by atoms with Gasteiger partial charge in [-0.3, -0.25) is 14.9 Å². The van der Waals surface area contributed by atoms with Crippen molar-refractivity contribution in [1.29, 1.82) is 0 Å². The predicted octanol–water partition coefficient (Wildman–Crippen LogP) is 1.75. The highest BCUT2D eigenvalue weighted by molar-refractivity contribution is 6.32. The van der Waals surface area contributed by atoms with Crippen molar-refractivity contribution in [3.8, 4) is 0 Å². The lowest BCUT2D eigenvalue weighted by Gasteiger charge is -2.12. The van der Waals surface area contributed by atoms with E-state index in [9.17, 15) is 14.9 Å². The maximum absolute atomic E-state index is 11.8. The van der Waals surface area contributed by atoms with Crippen molar-refractivity contribution in [3.63, 3.8) is 0 Å². The van der Waals surface area contributed by atoms with Crippen molar-refractivity contribution in [2.45, 2.75) is 19.4 Å². The molecule has 0 heterocycles. The lowest BCUT2D eigenvalue weighted by molar-refractivity contribution is -0.384. The second-order valence-electron chi connectivity index (χ2n) is 3.81. The Morgan fingerprint density at radius 1 is 1.61 bits per heavy atom. The van der Waals surface area contributed by atoms with Crippen molar-refractivity contribution in [1.82, 2.24) is 5.32 Å². The summed E-state index contributed by atoms with van der Waals surface area (Å²) >= 11 is 5.64. The number of amides is 1. The second-order valence-corrected chi connectivity index (χ2v) is 4.22. The molecule has 1 aromatic rings. The summed E-state index contributed by atoms with van der Waals surface area (Å²) in [5.41, 5.74) is -0.144. The van der Waals surface area contributed by atoms with E-state index in [2.05, 4.69) is 5.32 Å². The van der Waals surface area contributed by atoms with Gasteiger partial charge in [-0.2, -0.15) is 0 Å². The molecule has 7 heteroatoms. The molecule has 0 bridgehead atoms. The molecule has 1 aromatic carbocycles. The maximum atomic E-state index is 11.8. The monoisotopic (exact) mass is 272 g/mol. The number of aliphatic hydroxyl groups is 1. The van der Waals surface area contributed by atoms with E-state index in [1.54, 1.807) is 6.92 Å². The number of nitro benzene ring substituents is 1. The fourth-order valence-corrected chi connectivity index (χ4v) is 1.55. The summed E-state index contributed by atoms with van der Waals surface area (Å²) in [6.45, 7) is 1.70. The van der Waals surface area contributed by atoms with Crippen LogP contribution in [0.3, 0.4) is 0 Å². The summed E-state index contributed by atoms with van der Waals surface area (Å²) in [6.07, 6.45) is 0.418. The molecule has 6 nitrogen and oxygen atoms in total. The lowest BCUT2D eigenvalue weighted by Crippen LogP contribution is -2.33. The molecule has 0 aliphatic carbocycles. The minimum atomic E-state index is -0.643. The molecular formula is C11H13ClN2O4. The van der Waals surface area contributed by atoms with Gasteiger partial charge in [-0.1, -0.05) is 11.6 Å². The molecular weight excluding hydrogens is 260 g/mol. The molecule has 2 N–H and O–H groups in total. The number of halogens is 1. The number of nitrogens with zero attached hydrogens (tertiary/aromatic N) is 1. The van der Waals surface area contributed by atoms with E-state index in [0.717, 1.165) is 6.07 Å². The Kier molecular flexibility index (Phi) is 5.06. The van der Waals surface area contributed by atoms with Crippen molar-refractivity contribution < 1.29 is 14.8 Å². The van der Waals surface area contributed by atoms with Gasteiger partial charge in [0.25, 0.3) is 11.6 Å². The first kappa shape index (κ1) is 14.4. The fourth-order valence-electron chi connectivity index (χ4n) is 1.37. The summed E-state index contributed by atoms with van der Waals surface area (Å²) < 4.78 is 0. The van der Waals surface area contributed by atoms with Gasteiger partial charge in [0, 0.05) is 24.3 Å². The van der Waals surface area contributed by atoms with Crippen LogP contribution in [0.5, 0.6) is 0 Å². The molecule has 0 spiro atoms. The normalized spacial score (nSPS) is 11.9. The van der Waals surface area contributed by atoms with Gasteiger partial charge >= 0.3 is 0 Å². The molecule has 0 saturated carbocycles. The summed E-state index contributed by atoms with van der Waals surface area (Å²) in [7, 11) is 0. The maximum Gasteiger partial charge on any atom is 0.288 e. The number of hydrogen-bond acceptors (Lipinski definition) is 4. The Bertz CT molecular complexity index is 464. The molecule has 1 amide bonds. The van der Waals surface area contributed by atoms with Crippen LogP contribution >= 0.6 is 11.6 Å². The smallest absolute Gasteiger partial charge is 0.288 e. The van der Waals surface area contributed by atoms with E-state index >= 15 is 0 Å². The van der Waals surface area contributed by atoms with E-state index < -0.39 is 10.8 Å². The Labute approximate surface area is 109 Å². The van der Waals surface area contributed by atoms with Crippen LogP contribution in [0.4, 0.5) is 5.69 Å². The number of rotatable bonds is 5. The zero-order chi connectivity index (χ0) is 13.7. The highest BCUT2D eigenvalue weighted by atomic mass is 35.5. The molecule has 1 unspecified atom stereocenters. The summed E-state index contributed by atoms with van der Waals surface area (Å²) in [5, 5.41) is 22.0. The molecule has 18 heavy (non-hydrogen) atoms. The Balaban J connectivity index is 2.87. The van der Waals surface area contributed by atoms with Crippen LogP contribution in [0.15, 0.2) is 18.2 Å². The van der Waals surface area contributed by atoms with E-state index in [1.807, 2.05) is 0 Å². The number of carbonyl (C=O) groups excluding carboxylic acids is 1. The Morgan fingerprint density at radius 2 is 2.28 bits per heavy atom. The fraction of sp³-hybridized carbons (Fsp3) is 0.364. The predicted molar refractivity (Wildman–Crippen MR) is 66.7 cm³/mol. The van der Waals surface area contributed by atoms with Crippen LogP contribution in [-0.2, 0) is 0 Å². The molecule has 0 aliphatic rings. The molecule has 0 aliphatic heterocycles. The van der Waals surface area contributed by atoms with Gasteiger partial charge in [-0.15, -0.1) is 0 Å². The van der Waals surface area contributed by atoms with Gasteiger partial charge in [0.05, 0.1) is 4.92 Å². The number of carbonyl (C=O) groups is 1. The van der Waals surface area contributed by atoms with E-state index in [4.69, 9.17) is 16.7 Å². The van der Waals surface area contributed by atoms with Crippen LogP contribution in [0.1, 0.15) is 23.7 Å². The van der Waals surface area contributed by atoms with E-state index in [-0.39, 0.29) is 28.9 Å². The van der Waals surface area contributed by atoms with Gasteiger partial charge in [-0.25, -0.2) is 0 Å². The first-order chi connectivity index (χ1) is 8.45. The quantitative estimate of drug-likeness (QED) is 0.631. The number of benzene rings is 1. The Morgan fingerprint density at radius 3 is 2.83 bits per heavy atom.